The van der Waals surface area contributed by atoms with Gasteiger partial charge < -0.3 is 5.11 Å². The van der Waals surface area contributed by atoms with Crippen LogP contribution in [0.25, 0.3) is 0 Å². The fourth-order valence-corrected chi connectivity index (χ4v) is 1.97. The molecule has 1 N–H and O–H groups in total. The molecule has 0 fully saturated rings. The van der Waals surface area contributed by atoms with Crippen LogP contribution in [0.5, 0.6) is 5.75 Å². The van der Waals surface area contributed by atoms with Gasteiger partial charge >= 0.3 is 0 Å². The molecule has 2 aromatic rings. The zero-order valence-electron chi connectivity index (χ0n) is 9.38. The fraction of sp³-hybridized carbons (Fsp3) is 0.133. The Balaban J connectivity index is 2.44. The third-order valence-corrected chi connectivity index (χ3v) is 2.81. The Bertz CT molecular complexity index is 528. The minimum atomic E-state index is -0.0672. The summed E-state index contributed by atoms with van der Waals surface area (Å²) in [4.78, 5) is 0. The largest absolute Gasteiger partial charge is 0.508 e. The minimum absolute atomic E-state index is 0.0672. The molecule has 2 rings (SSSR count). The molecule has 0 saturated heterocycles. The zero-order valence-corrected chi connectivity index (χ0v) is 9.38. The van der Waals surface area contributed by atoms with Crippen LogP contribution in [0.15, 0.2) is 54.6 Å². The van der Waals surface area contributed by atoms with Crippen molar-refractivity contribution < 1.29 is 5.11 Å². The molecular formula is C15H13NO. The van der Waals surface area contributed by atoms with Crippen molar-refractivity contribution in [2.24, 2.45) is 0 Å². The van der Waals surface area contributed by atoms with Crippen LogP contribution in [0.2, 0.25) is 0 Å². The van der Waals surface area contributed by atoms with Crippen molar-refractivity contribution in [3.63, 3.8) is 0 Å². The van der Waals surface area contributed by atoms with Crippen LogP contribution in [0.3, 0.4) is 0 Å². The molecule has 0 aromatic heterocycles. The lowest BCUT2D eigenvalue weighted by Crippen LogP contribution is -2.00. The number of rotatable bonds is 3. The van der Waals surface area contributed by atoms with E-state index in [4.69, 9.17) is 5.26 Å². The summed E-state index contributed by atoms with van der Waals surface area (Å²) in [5.41, 5.74) is 1.86. The van der Waals surface area contributed by atoms with Gasteiger partial charge in [-0.2, -0.15) is 5.26 Å². The molecule has 1 atom stereocenters. The maximum Gasteiger partial charge on any atom is 0.119 e. The van der Waals surface area contributed by atoms with Crippen LogP contribution in [0, 0.1) is 11.3 Å². The van der Waals surface area contributed by atoms with Crippen LogP contribution in [0.1, 0.15) is 23.5 Å². The molecule has 2 heteroatoms. The Morgan fingerprint density at radius 3 is 2.29 bits per heavy atom. The highest BCUT2D eigenvalue weighted by Gasteiger charge is 2.16. The van der Waals surface area contributed by atoms with Crippen molar-refractivity contribution in [1.82, 2.24) is 0 Å². The first-order valence-corrected chi connectivity index (χ1v) is 5.52. The Kier molecular flexibility index (Phi) is 3.42. The summed E-state index contributed by atoms with van der Waals surface area (Å²) in [6, 6.07) is 19.2. The average Bonchev–Trinajstić information content (AvgIpc) is 2.38. The van der Waals surface area contributed by atoms with E-state index in [9.17, 15) is 5.11 Å². The Morgan fingerprint density at radius 1 is 1.00 bits per heavy atom. The summed E-state index contributed by atoms with van der Waals surface area (Å²) in [6.07, 6.45) is 0.363. The van der Waals surface area contributed by atoms with Gasteiger partial charge in [-0.15, -0.1) is 0 Å². The van der Waals surface area contributed by atoms with Gasteiger partial charge in [-0.3, -0.25) is 0 Å². The van der Waals surface area contributed by atoms with Gasteiger partial charge in [0.1, 0.15) is 5.75 Å². The lowest BCUT2D eigenvalue weighted by molar-refractivity contribution is 0.465. The van der Waals surface area contributed by atoms with Gasteiger partial charge in [-0.25, -0.2) is 0 Å². The lowest BCUT2D eigenvalue weighted by atomic mass is 9.88. The van der Waals surface area contributed by atoms with Crippen LogP contribution in [-0.2, 0) is 0 Å². The topological polar surface area (TPSA) is 44.0 Å². The highest BCUT2D eigenvalue weighted by Crippen LogP contribution is 2.33. The zero-order chi connectivity index (χ0) is 12.1. The van der Waals surface area contributed by atoms with E-state index in [0.717, 1.165) is 11.1 Å². The molecule has 0 heterocycles. The maximum atomic E-state index is 9.86. The molecule has 0 saturated carbocycles. The number of hydrogen-bond donors (Lipinski definition) is 1. The molecule has 17 heavy (non-hydrogen) atoms. The van der Waals surface area contributed by atoms with Gasteiger partial charge in [0.2, 0.25) is 0 Å². The van der Waals surface area contributed by atoms with Crippen molar-refractivity contribution in [2.45, 2.75) is 12.3 Å². The van der Waals surface area contributed by atoms with Gasteiger partial charge in [0.15, 0.2) is 0 Å². The summed E-state index contributed by atoms with van der Waals surface area (Å²) in [5, 5.41) is 18.8. The van der Waals surface area contributed by atoms with E-state index in [2.05, 4.69) is 6.07 Å². The van der Waals surface area contributed by atoms with Crippen LogP contribution >= 0.6 is 0 Å². The molecule has 0 aliphatic carbocycles. The smallest absolute Gasteiger partial charge is 0.119 e. The molecule has 0 bridgehead atoms. The van der Waals surface area contributed by atoms with E-state index in [1.54, 1.807) is 12.1 Å². The molecule has 0 aliphatic heterocycles. The summed E-state index contributed by atoms with van der Waals surface area (Å²) >= 11 is 0. The number of phenolic OH excluding ortho intramolecular Hbond substituents is 1. The van der Waals surface area contributed by atoms with Gasteiger partial charge in [0, 0.05) is 17.9 Å². The van der Waals surface area contributed by atoms with Crippen LogP contribution < -0.4 is 0 Å². The molecule has 2 nitrogen and oxygen atoms in total. The summed E-state index contributed by atoms with van der Waals surface area (Å²) in [6.45, 7) is 0. The fourth-order valence-electron chi connectivity index (χ4n) is 1.97. The predicted octanol–water partition coefficient (Wildman–Crippen LogP) is 3.44. The first kappa shape index (κ1) is 11.2. The first-order valence-electron chi connectivity index (χ1n) is 5.52. The number of nitriles is 1. The monoisotopic (exact) mass is 223 g/mol. The highest BCUT2D eigenvalue weighted by molar-refractivity contribution is 5.41. The quantitative estimate of drug-likeness (QED) is 0.866. The second-order valence-electron chi connectivity index (χ2n) is 3.88. The Morgan fingerprint density at radius 2 is 1.65 bits per heavy atom. The number of hydrogen-bond acceptors (Lipinski definition) is 2. The third-order valence-electron chi connectivity index (χ3n) is 2.81. The van der Waals surface area contributed by atoms with E-state index in [1.165, 1.54) is 0 Å². The van der Waals surface area contributed by atoms with E-state index in [0.29, 0.717) is 6.42 Å². The predicted molar refractivity (Wildman–Crippen MR) is 66.6 cm³/mol. The summed E-state index contributed by atoms with van der Waals surface area (Å²) in [5.74, 6) is 0.180. The van der Waals surface area contributed by atoms with Crippen molar-refractivity contribution in [1.29, 1.82) is 5.26 Å². The van der Waals surface area contributed by atoms with Crippen molar-refractivity contribution in [2.75, 3.05) is 0 Å². The summed E-state index contributed by atoms with van der Waals surface area (Å²) < 4.78 is 0. The van der Waals surface area contributed by atoms with Crippen LogP contribution in [0.4, 0.5) is 0 Å². The van der Waals surface area contributed by atoms with Crippen molar-refractivity contribution in [3.8, 4) is 11.8 Å². The van der Waals surface area contributed by atoms with Crippen molar-refractivity contribution in [3.05, 3.63) is 65.7 Å². The molecule has 0 amide bonds. The third kappa shape index (κ3) is 2.46. The van der Waals surface area contributed by atoms with E-state index < -0.39 is 0 Å². The SMILES string of the molecule is N#CCC(c1ccccc1)c1ccccc1O. The number of para-hydroxylation sites is 1. The molecule has 0 radical (unpaired) electrons. The van der Waals surface area contributed by atoms with Crippen molar-refractivity contribution >= 4 is 0 Å². The Hall–Kier alpha value is -2.27. The standard InChI is InChI=1S/C15H13NO/c16-11-10-13(12-6-2-1-3-7-12)14-8-4-5-9-15(14)17/h1-9,13,17H,10H2. The molecule has 1 unspecified atom stereocenters. The first-order chi connectivity index (χ1) is 8.33. The summed E-state index contributed by atoms with van der Waals surface area (Å²) in [7, 11) is 0. The normalized spacial score (nSPS) is 11.7. The van der Waals surface area contributed by atoms with E-state index in [1.807, 2.05) is 42.5 Å². The van der Waals surface area contributed by atoms with Gasteiger partial charge in [-0.1, -0.05) is 48.5 Å². The Labute approximate surface area is 101 Å². The minimum Gasteiger partial charge on any atom is -0.508 e. The number of benzene rings is 2. The molecule has 0 aliphatic rings. The number of phenols is 1. The second kappa shape index (κ2) is 5.18. The second-order valence-corrected chi connectivity index (χ2v) is 3.88. The van der Waals surface area contributed by atoms with Gasteiger partial charge in [0.05, 0.1) is 6.07 Å². The average molecular weight is 223 g/mol. The maximum absolute atomic E-state index is 9.86. The van der Waals surface area contributed by atoms with E-state index in [-0.39, 0.29) is 11.7 Å². The highest BCUT2D eigenvalue weighted by atomic mass is 16.3. The van der Waals surface area contributed by atoms with Gasteiger partial charge in [-0.05, 0) is 11.6 Å². The number of aromatic hydroxyl groups is 1. The van der Waals surface area contributed by atoms with E-state index >= 15 is 0 Å². The molecule has 2 aromatic carbocycles. The molecular weight excluding hydrogens is 210 g/mol. The van der Waals surface area contributed by atoms with Gasteiger partial charge in [0.25, 0.3) is 0 Å². The lowest BCUT2D eigenvalue weighted by Gasteiger charge is -2.15. The molecule has 0 spiro atoms. The number of nitrogens with zero attached hydrogens (tertiary/aromatic N) is 1. The molecule has 84 valence electrons. The van der Waals surface area contributed by atoms with Crippen LogP contribution in [-0.4, -0.2) is 5.11 Å².